The van der Waals surface area contributed by atoms with Crippen molar-refractivity contribution in [3.63, 3.8) is 0 Å². The summed E-state index contributed by atoms with van der Waals surface area (Å²) in [5.41, 5.74) is 2.62. The van der Waals surface area contributed by atoms with Gasteiger partial charge in [0.05, 0.1) is 6.20 Å². The molecule has 5 heteroatoms. The number of aryl methyl sites for hydroxylation is 1. The summed E-state index contributed by atoms with van der Waals surface area (Å²) in [6.45, 7) is 2.03. The van der Waals surface area contributed by atoms with Crippen LogP contribution in [0.25, 0.3) is 22.8 Å². The highest BCUT2D eigenvalue weighted by molar-refractivity contribution is 5.63. The van der Waals surface area contributed by atoms with E-state index >= 15 is 0 Å². The molecule has 3 aromatic carbocycles. The number of phenols is 2. The van der Waals surface area contributed by atoms with Gasteiger partial charge >= 0.3 is 0 Å². The lowest BCUT2D eigenvalue weighted by Crippen LogP contribution is -1.84. The third-order valence-electron chi connectivity index (χ3n) is 4.12. The van der Waals surface area contributed by atoms with E-state index in [2.05, 4.69) is 4.98 Å². The fourth-order valence-electron chi connectivity index (χ4n) is 2.63. The maximum absolute atomic E-state index is 9.62. The van der Waals surface area contributed by atoms with E-state index in [-0.39, 0.29) is 11.5 Å². The summed E-state index contributed by atoms with van der Waals surface area (Å²) in [6, 6.07) is 19.8. The molecule has 0 saturated heterocycles. The second-order valence-electron chi connectivity index (χ2n) is 6.17. The Kier molecular flexibility index (Phi) is 4.26. The Balaban J connectivity index is 1.53. The first-order valence-corrected chi connectivity index (χ1v) is 8.41. The van der Waals surface area contributed by atoms with Gasteiger partial charge in [-0.15, -0.1) is 0 Å². The normalized spacial score (nSPS) is 10.7. The number of hydrogen-bond donors (Lipinski definition) is 2. The first kappa shape index (κ1) is 16.7. The van der Waals surface area contributed by atoms with E-state index in [1.54, 1.807) is 12.3 Å². The summed E-state index contributed by atoms with van der Waals surface area (Å²) in [7, 11) is 0. The van der Waals surface area contributed by atoms with Crippen LogP contribution in [-0.2, 0) is 0 Å². The van der Waals surface area contributed by atoms with Crippen molar-refractivity contribution in [3.8, 4) is 45.8 Å². The van der Waals surface area contributed by atoms with Crippen molar-refractivity contribution in [1.82, 2.24) is 4.98 Å². The number of aromatic hydroxyl groups is 2. The third kappa shape index (κ3) is 3.62. The number of hydrogen-bond acceptors (Lipinski definition) is 5. The van der Waals surface area contributed by atoms with E-state index in [9.17, 15) is 10.2 Å². The highest BCUT2D eigenvalue weighted by Gasteiger charge is 2.11. The SMILES string of the molecule is Cc1ccc(Oc2ccc(-c3cnc(-c4ccc(O)c(O)c4)o3)cc2)cc1. The van der Waals surface area contributed by atoms with Crippen LogP contribution in [0.5, 0.6) is 23.0 Å². The van der Waals surface area contributed by atoms with Crippen LogP contribution in [-0.4, -0.2) is 15.2 Å². The van der Waals surface area contributed by atoms with Gasteiger partial charge in [-0.3, -0.25) is 0 Å². The monoisotopic (exact) mass is 359 g/mol. The van der Waals surface area contributed by atoms with Gasteiger partial charge < -0.3 is 19.4 Å². The van der Waals surface area contributed by atoms with Gasteiger partial charge in [-0.05, 0) is 61.5 Å². The summed E-state index contributed by atoms with van der Waals surface area (Å²) < 4.78 is 11.6. The van der Waals surface area contributed by atoms with Gasteiger partial charge in [0.15, 0.2) is 17.3 Å². The summed E-state index contributed by atoms with van der Waals surface area (Å²) in [4.78, 5) is 4.24. The summed E-state index contributed by atoms with van der Waals surface area (Å²) >= 11 is 0. The minimum Gasteiger partial charge on any atom is -0.504 e. The molecule has 0 aliphatic rings. The molecule has 1 aromatic heterocycles. The second-order valence-corrected chi connectivity index (χ2v) is 6.17. The summed E-state index contributed by atoms with van der Waals surface area (Å²) in [5, 5.41) is 19.0. The minimum absolute atomic E-state index is 0.185. The molecule has 0 spiro atoms. The first-order chi connectivity index (χ1) is 13.1. The summed E-state index contributed by atoms with van der Waals surface area (Å²) in [6.07, 6.45) is 1.62. The second kappa shape index (κ2) is 6.88. The molecule has 0 saturated carbocycles. The van der Waals surface area contributed by atoms with E-state index in [4.69, 9.17) is 9.15 Å². The zero-order chi connectivity index (χ0) is 18.8. The van der Waals surface area contributed by atoms with Crippen molar-refractivity contribution in [2.45, 2.75) is 6.92 Å². The zero-order valence-electron chi connectivity index (χ0n) is 14.6. The number of benzene rings is 3. The lowest BCUT2D eigenvalue weighted by Gasteiger charge is -2.06. The molecule has 1 heterocycles. The summed E-state index contributed by atoms with van der Waals surface area (Å²) in [5.74, 6) is 2.06. The van der Waals surface area contributed by atoms with Gasteiger partial charge in [-0.25, -0.2) is 4.98 Å². The Bertz CT molecular complexity index is 1070. The van der Waals surface area contributed by atoms with Crippen molar-refractivity contribution in [2.24, 2.45) is 0 Å². The molecule has 0 atom stereocenters. The van der Waals surface area contributed by atoms with Gasteiger partial charge in [0, 0.05) is 11.1 Å². The maximum Gasteiger partial charge on any atom is 0.226 e. The smallest absolute Gasteiger partial charge is 0.226 e. The topological polar surface area (TPSA) is 75.7 Å². The fraction of sp³-hybridized carbons (Fsp3) is 0.0455. The average molecular weight is 359 g/mol. The Morgan fingerprint density at radius 1 is 0.778 bits per heavy atom. The molecule has 0 bridgehead atoms. The van der Waals surface area contributed by atoms with Crippen LogP contribution in [0.4, 0.5) is 0 Å². The van der Waals surface area contributed by atoms with Crippen molar-refractivity contribution < 1.29 is 19.4 Å². The van der Waals surface area contributed by atoms with Gasteiger partial charge in [0.1, 0.15) is 11.5 Å². The number of nitrogens with zero attached hydrogens (tertiary/aromatic N) is 1. The van der Waals surface area contributed by atoms with Gasteiger partial charge in [0.25, 0.3) is 0 Å². The zero-order valence-corrected chi connectivity index (χ0v) is 14.6. The lowest BCUT2D eigenvalue weighted by atomic mass is 10.2. The Morgan fingerprint density at radius 3 is 2.07 bits per heavy atom. The van der Waals surface area contributed by atoms with E-state index in [0.717, 1.165) is 17.1 Å². The first-order valence-electron chi connectivity index (χ1n) is 8.41. The molecule has 4 rings (SSSR count). The van der Waals surface area contributed by atoms with Crippen LogP contribution in [0, 0.1) is 6.92 Å². The molecule has 0 radical (unpaired) electrons. The van der Waals surface area contributed by atoms with Crippen LogP contribution in [0.1, 0.15) is 5.56 Å². The van der Waals surface area contributed by atoms with E-state index < -0.39 is 0 Å². The number of oxazole rings is 1. The molecular formula is C22H17NO4. The molecule has 0 unspecified atom stereocenters. The molecule has 134 valence electrons. The Hall–Kier alpha value is -3.73. The number of aromatic nitrogens is 1. The number of phenolic OH excluding ortho intramolecular Hbond substituents is 2. The molecular weight excluding hydrogens is 342 g/mol. The Morgan fingerprint density at radius 2 is 1.41 bits per heavy atom. The van der Waals surface area contributed by atoms with Crippen molar-refractivity contribution in [1.29, 1.82) is 0 Å². The number of rotatable bonds is 4. The lowest BCUT2D eigenvalue weighted by molar-refractivity contribution is 0.404. The molecule has 5 nitrogen and oxygen atoms in total. The predicted molar refractivity (Wildman–Crippen MR) is 102 cm³/mol. The highest BCUT2D eigenvalue weighted by Crippen LogP contribution is 2.32. The van der Waals surface area contributed by atoms with Crippen LogP contribution >= 0.6 is 0 Å². The highest BCUT2D eigenvalue weighted by atomic mass is 16.5. The van der Waals surface area contributed by atoms with Crippen molar-refractivity contribution >= 4 is 0 Å². The van der Waals surface area contributed by atoms with Crippen molar-refractivity contribution in [2.75, 3.05) is 0 Å². The molecule has 0 amide bonds. The molecule has 0 aliphatic heterocycles. The minimum atomic E-state index is -0.218. The molecule has 4 aromatic rings. The predicted octanol–water partition coefficient (Wildman–Crippen LogP) is 5.52. The standard InChI is InChI=1S/C22H17NO4/c1-14-2-7-17(8-3-14)26-18-9-4-15(5-10-18)21-13-23-22(27-21)16-6-11-19(24)20(25)12-16/h2-13,24-25H,1H3. The van der Waals surface area contributed by atoms with E-state index in [1.165, 1.54) is 17.7 Å². The molecule has 2 N–H and O–H groups in total. The van der Waals surface area contributed by atoms with E-state index in [1.807, 2.05) is 55.5 Å². The van der Waals surface area contributed by atoms with Gasteiger partial charge in [0.2, 0.25) is 5.89 Å². The van der Waals surface area contributed by atoms with E-state index in [0.29, 0.717) is 17.2 Å². The van der Waals surface area contributed by atoms with Gasteiger partial charge in [-0.1, -0.05) is 17.7 Å². The van der Waals surface area contributed by atoms with Crippen LogP contribution < -0.4 is 4.74 Å². The molecule has 0 fully saturated rings. The quantitative estimate of drug-likeness (QED) is 0.469. The third-order valence-corrected chi connectivity index (χ3v) is 4.12. The van der Waals surface area contributed by atoms with Crippen LogP contribution in [0.15, 0.2) is 77.3 Å². The van der Waals surface area contributed by atoms with Gasteiger partial charge in [-0.2, -0.15) is 0 Å². The largest absolute Gasteiger partial charge is 0.504 e. The maximum atomic E-state index is 9.62. The van der Waals surface area contributed by atoms with Crippen LogP contribution in [0.2, 0.25) is 0 Å². The van der Waals surface area contributed by atoms with Crippen molar-refractivity contribution in [3.05, 3.63) is 78.5 Å². The molecule has 0 aliphatic carbocycles. The average Bonchev–Trinajstić information content (AvgIpc) is 3.17. The molecule has 27 heavy (non-hydrogen) atoms. The fourth-order valence-corrected chi connectivity index (χ4v) is 2.63. The Labute approximate surface area is 156 Å². The van der Waals surface area contributed by atoms with Crippen LogP contribution in [0.3, 0.4) is 0 Å². The number of ether oxygens (including phenoxy) is 1.